The Labute approximate surface area is 118 Å². The highest BCUT2D eigenvalue weighted by atomic mass is 32.1. The van der Waals surface area contributed by atoms with E-state index < -0.39 is 0 Å². The van der Waals surface area contributed by atoms with Gasteiger partial charge in [-0.3, -0.25) is 4.79 Å². The SMILES string of the molecule is Cc1nnsc1C(=O)NCc1ccc(-c2ccoc2)o1. The van der Waals surface area contributed by atoms with E-state index in [0.29, 0.717) is 28.6 Å². The predicted molar refractivity (Wildman–Crippen MR) is 72.2 cm³/mol. The van der Waals surface area contributed by atoms with Crippen molar-refractivity contribution in [2.24, 2.45) is 0 Å². The molecule has 1 amide bonds. The summed E-state index contributed by atoms with van der Waals surface area (Å²) in [5.74, 6) is 1.18. The summed E-state index contributed by atoms with van der Waals surface area (Å²) in [6, 6.07) is 5.47. The third-order valence-corrected chi connectivity index (χ3v) is 3.57. The first-order chi connectivity index (χ1) is 9.74. The van der Waals surface area contributed by atoms with Gasteiger partial charge in [0.1, 0.15) is 22.7 Å². The number of nitrogens with one attached hydrogen (secondary N) is 1. The van der Waals surface area contributed by atoms with Crippen LogP contribution < -0.4 is 5.32 Å². The molecule has 3 aromatic rings. The number of aryl methyl sites for hydroxylation is 1. The van der Waals surface area contributed by atoms with E-state index in [1.54, 1.807) is 19.5 Å². The quantitative estimate of drug-likeness (QED) is 0.798. The molecule has 0 unspecified atom stereocenters. The maximum absolute atomic E-state index is 11.9. The number of rotatable bonds is 4. The fourth-order valence-electron chi connectivity index (χ4n) is 1.72. The second kappa shape index (κ2) is 5.30. The second-order valence-corrected chi connectivity index (χ2v) is 4.90. The number of carbonyl (C=O) groups excluding carboxylic acids is 1. The Bertz CT molecular complexity index is 715. The minimum Gasteiger partial charge on any atom is -0.472 e. The average molecular weight is 289 g/mol. The van der Waals surface area contributed by atoms with E-state index >= 15 is 0 Å². The summed E-state index contributed by atoms with van der Waals surface area (Å²) in [4.78, 5) is 12.4. The lowest BCUT2D eigenvalue weighted by molar-refractivity contribution is 0.0951. The zero-order valence-corrected chi connectivity index (χ0v) is 11.4. The lowest BCUT2D eigenvalue weighted by atomic mass is 10.3. The molecule has 0 bridgehead atoms. The molecule has 20 heavy (non-hydrogen) atoms. The molecular formula is C13H11N3O3S. The Morgan fingerprint density at radius 3 is 3.00 bits per heavy atom. The van der Waals surface area contributed by atoms with Crippen LogP contribution in [-0.4, -0.2) is 15.5 Å². The van der Waals surface area contributed by atoms with Crippen molar-refractivity contribution < 1.29 is 13.6 Å². The van der Waals surface area contributed by atoms with Crippen LogP contribution in [0.25, 0.3) is 11.3 Å². The van der Waals surface area contributed by atoms with Crippen LogP contribution in [0.1, 0.15) is 21.1 Å². The molecule has 6 nitrogen and oxygen atoms in total. The van der Waals surface area contributed by atoms with Gasteiger partial charge >= 0.3 is 0 Å². The topological polar surface area (TPSA) is 81.2 Å². The van der Waals surface area contributed by atoms with E-state index in [2.05, 4.69) is 14.9 Å². The lowest BCUT2D eigenvalue weighted by Crippen LogP contribution is -2.22. The summed E-state index contributed by atoms with van der Waals surface area (Å²) in [5, 5.41) is 6.58. The smallest absolute Gasteiger partial charge is 0.265 e. The minimum atomic E-state index is -0.196. The molecule has 1 N–H and O–H groups in total. The van der Waals surface area contributed by atoms with Crippen LogP contribution in [-0.2, 0) is 6.54 Å². The molecule has 0 saturated heterocycles. The third kappa shape index (κ3) is 2.48. The fraction of sp³-hybridized carbons (Fsp3) is 0.154. The van der Waals surface area contributed by atoms with Crippen LogP contribution >= 0.6 is 11.5 Å². The molecule has 3 heterocycles. The highest BCUT2D eigenvalue weighted by Gasteiger charge is 2.13. The molecule has 0 radical (unpaired) electrons. The third-order valence-electron chi connectivity index (χ3n) is 2.75. The molecule has 3 aromatic heterocycles. The standard InChI is InChI=1S/C13H11N3O3S/c1-8-12(20-16-15-8)13(17)14-6-10-2-3-11(19-10)9-4-5-18-7-9/h2-5,7H,6H2,1H3,(H,14,17). The molecule has 7 heteroatoms. The molecule has 0 aromatic carbocycles. The van der Waals surface area contributed by atoms with Gasteiger partial charge in [0.05, 0.1) is 24.1 Å². The first-order valence-corrected chi connectivity index (χ1v) is 6.70. The Kier molecular flexibility index (Phi) is 3.34. The van der Waals surface area contributed by atoms with Gasteiger partial charge in [-0.15, -0.1) is 5.10 Å². The normalized spacial score (nSPS) is 10.7. The van der Waals surface area contributed by atoms with Gasteiger partial charge in [-0.05, 0) is 36.7 Å². The van der Waals surface area contributed by atoms with Crippen molar-refractivity contribution in [1.82, 2.24) is 14.9 Å². The van der Waals surface area contributed by atoms with Gasteiger partial charge in [0.2, 0.25) is 0 Å². The van der Waals surface area contributed by atoms with Crippen molar-refractivity contribution in [3.63, 3.8) is 0 Å². The number of amides is 1. The van der Waals surface area contributed by atoms with E-state index in [-0.39, 0.29) is 5.91 Å². The molecule has 102 valence electrons. The molecule has 0 atom stereocenters. The van der Waals surface area contributed by atoms with E-state index in [1.807, 2.05) is 18.2 Å². The Morgan fingerprint density at radius 1 is 1.40 bits per heavy atom. The van der Waals surface area contributed by atoms with Crippen LogP contribution in [0.3, 0.4) is 0 Å². The maximum Gasteiger partial charge on any atom is 0.265 e. The van der Waals surface area contributed by atoms with Crippen LogP contribution in [0.5, 0.6) is 0 Å². The monoisotopic (exact) mass is 289 g/mol. The minimum absolute atomic E-state index is 0.196. The highest BCUT2D eigenvalue weighted by molar-refractivity contribution is 7.07. The first-order valence-electron chi connectivity index (χ1n) is 5.92. The van der Waals surface area contributed by atoms with Crippen LogP contribution in [0, 0.1) is 6.92 Å². The number of furan rings is 2. The van der Waals surface area contributed by atoms with Crippen LogP contribution in [0.15, 0.2) is 39.6 Å². The summed E-state index contributed by atoms with van der Waals surface area (Å²) < 4.78 is 14.4. The van der Waals surface area contributed by atoms with E-state index in [9.17, 15) is 4.79 Å². The molecule has 0 fully saturated rings. The van der Waals surface area contributed by atoms with Crippen molar-refractivity contribution in [2.75, 3.05) is 0 Å². The summed E-state index contributed by atoms with van der Waals surface area (Å²) >= 11 is 1.08. The van der Waals surface area contributed by atoms with Gasteiger partial charge in [0.25, 0.3) is 5.91 Å². The van der Waals surface area contributed by atoms with Crippen molar-refractivity contribution in [3.8, 4) is 11.3 Å². The summed E-state index contributed by atoms with van der Waals surface area (Å²) in [5.41, 5.74) is 1.50. The number of nitrogens with zero attached hydrogens (tertiary/aromatic N) is 2. The van der Waals surface area contributed by atoms with Gasteiger partial charge in [-0.2, -0.15) is 0 Å². The molecular weight excluding hydrogens is 278 g/mol. The van der Waals surface area contributed by atoms with Gasteiger partial charge in [0.15, 0.2) is 0 Å². The molecule has 0 aliphatic carbocycles. The van der Waals surface area contributed by atoms with Crippen molar-refractivity contribution >= 4 is 17.4 Å². The summed E-state index contributed by atoms with van der Waals surface area (Å²) in [6.07, 6.45) is 3.19. The van der Waals surface area contributed by atoms with E-state index in [1.165, 1.54) is 0 Å². The Balaban J connectivity index is 1.65. The average Bonchev–Trinajstić information content (AvgIpc) is 3.16. The number of carbonyl (C=O) groups is 1. The highest BCUT2D eigenvalue weighted by Crippen LogP contribution is 2.22. The predicted octanol–water partition coefficient (Wildman–Crippen LogP) is 2.63. The fourth-order valence-corrected chi connectivity index (χ4v) is 2.29. The van der Waals surface area contributed by atoms with Crippen molar-refractivity contribution in [1.29, 1.82) is 0 Å². The zero-order chi connectivity index (χ0) is 13.9. The molecule has 0 spiro atoms. The number of hydrogen-bond donors (Lipinski definition) is 1. The van der Waals surface area contributed by atoms with Crippen molar-refractivity contribution in [3.05, 3.63) is 47.1 Å². The Hall–Kier alpha value is -2.41. The van der Waals surface area contributed by atoms with Gasteiger partial charge < -0.3 is 14.2 Å². The number of aromatic nitrogens is 2. The zero-order valence-electron chi connectivity index (χ0n) is 10.6. The second-order valence-electron chi connectivity index (χ2n) is 4.15. The molecule has 0 aliphatic rings. The maximum atomic E-state index is 11.9. The molecule has 3 rings (SSSR count). The first kappa shape index (κ1) is 12.6. The molecule has 0 saturated carbocycles. The van der Waals surface area contributed by atoms with Crippen LogP contribution in [0.4, 0.5) is 0 Å². The summed E-state index contributed by atoms with van der Waals surface area (Å²) in [7, 11) is 0. The largest absolute Gasteiger partial charge is 0.472 e. The summed E-state index contributed by atoms with van der Waals surface area (Å²) in [6.45, 7) is 2.07. The van der Waals surface area contributed by atoms with Crippen LogP contribution in [0.2, 0.25) is 0 Å². The van der Waals surface area contributed by atoms with E-state index in [0.717, 1.165) is 17.1 Å². The van der Waals surface area contributed by atoms with E-state index in [4.69, 9.17) is 8.83 Å². The lowest BCUT2D eigenvalue weighted by Gasteiger charge is -2.00. The number of hydrogen-bond acceptors (Lipinski definition) is 6. The van der Waals surface area contributed by atoms with Crippen molar-refractivity contribution in [2.45, 2.75) is 13.5 Å². The molecule has 0 aliphatic heterocycles. The van der Waals surface area contributed by atoms with Gasteiger partial charge in [-0.1, -0.05) is 4.49 Å². The Morgan fingerprint density at radius 2 is 2.30 bits per heavy atom. The van der Waals surface area contributed by atoms with Gasteiger partial charge in [0, 0.05) is 0 Å². The van der Waals surface area contributed by atoms with Gasteiger partial charge in [-0.25, -0.2) is 0 Å².